The molecular weight excluding hydrogens is 220 g/mol. The zero-order chi connectivity index (χ0) is 12.7. The maximum atomic E-state index is 12.6. The summed E-state index contributed by atoms with van der Waals surface area (Å²) in [4.78, 5) is 12.6. The van der Waals surface area contributed by atoms with Crippen LogP contribution in [0.1, 0.15) is 11.1 Å². The summed E-state index contributed by atoms with van der Waals surface area (Å²) in [6.45, 7) is 4.15. The van der Waals surface area contributed by atoms with E-state index < -0.39 is 0 Å². The van der Waals surface area contributed by atoms with Crippen molar-refractivity contribution in [2.75, 3.05) is 0 Å². The molecule has 3 aromatic carbocycles. The summed E-state index contributed by atoms with van der Waals surface area (Å²) in [7, 11) is 0. The van der Waals surface area contributed by atoms with Crippen LogP contribution in [0.5, 0.6) is 0 Å². The quantitative estimate of drug-likeness (QED) is 0.575. The Balaban J connectivity index is 2.66. The molecule has 3 rings (SSSR count). The van der Waals surface area contributed by atoms with Gasteiger partial charge in [-0.1, -0.05) is 48.5 Å². The average molecular weight is 234 g/mol. The van der Waals surface area contributed by atoms with E-state index in [1.54, 1.807) is 0 Å². The van der Waals surface area contributed by atoms with Gasteiger partial charge in [0, 0.05) is 10.8 Å². The lowest BCUT2D eigenvalue weighted by Gasteiger charge is -2.01. The second-order valence-electron chi connectivity index (χ2n) is 4.72. The number of fused-ring (bicyclic) bond motifs is 2. The van der Waals surface area contributed by atoms with Crippen LogP contribution in [0.15, 0.2) is 53.3 Å². The standard InChI is InChI=1S/C17H14O/c1-11-7-9-16-14(12(11)2)10-8-13-5-3-4-6-15(13)17(16)18/h3-10H,1-2H3. The van der Waals surface area contributed by atoms with Crippen LogP contribution < -0.4 is 5.43 Å². The summed E-state index contributed by atoms with van der Waals surface area (Å²) >= 11 is 0. The van der Waals surface area contributed by atoms with Gasteiger partial charge in [0.25, 0.3) is 0 Å². The molecule has 0 unspecified atom stereocenters. The van der Waals surface area contributed by atoms with Gasteiger partial charge >= 0.3 is 0 Å². The van der Waals surface area contributed by atoms with Crippen molar-refractivity contribution in [2.24, 2.45) is 0 Å². The van der Waals surface area contributed by atoms with E-state index in [0.29, 0.717) is 0 Å². The Kier molecular flexibility index (Phi) is 2.41. The zero-order valence-electron chi connectivity index (χ0n) is 10.5. The van der Waals surface area contributed by atoms with Crippen molar-refractivity contribution in [1.29, 1.82) is 0 Å². The average Bonchev–Trinajstić information content (AvgIpc) is 2.53. The smallest absolute Gasteiger partial charge is 0.194 e. The van der Waals surface area contributed by atoms with E-state index in [0.717, 1.165) is 21.5 Å². The monoisotopic (exact) mass is 234 g/mol. The predicted octanol–water partition coefficient (Wildman–Crippen LogP) is 3.97. The van der Waals surface area contributed by atoms with Gasteiger partial charge in [-0.25, -0.2) is 0 Å². The lowest BCUT2D eigenvalue weighted by molar-refractivity contribution is 1.38. The maximum absolute atomic E-state index is 12.6. The minimum Gasteiger partial charge on any atom is -0.289 e. The number of rotatable bonds is 0. The van der Waals surface area contributed by atoms with Crippen LogP contribution in [-0.2, 0) is 0 Å². The van der Waals surface area contributed by atoms with E-state index in [1.807, 2.05) is 42.5 Å². The van der Waals surface area contributed by atoms with Gasteiger partial charge in [-0.3, -0.25) is 4.79 Å². The highest BCUT2D eigenvalue weighted by Crippen LogP contribution is 2.20. The van der Waals surface area contributed by atoms with E-state index >= 15 is 0 Å². The first-order valence-corrected chi connectivity index (χ1v) is 6.10. The molecule has 0 saturated heterocycles. The molecule has 0 saturated carbocycles. The van der Waals surface area contributed by atoms with Crippen molar-refractivity contribution in [1.82, 2.24) is 0 Å². The third-order valence-electron chi connectivity index (χ3n) is 3.67. The largest absolute Gasteiger partial charge is 0.289 e. The summed E-state index contributed by atoms with van der Waals surface area (Å²) < 4.78 is 0. The molecule has 0 spiro atoms. The fraction of sp³-hybridized carbons (Fsp3) is 0.118. The minimum absolute atomic E-state index is 0.119. The highest BCUT2D eigenvalue weighted by Gasteiger charge is 2.04. The highest BCUT2D eigenvalue weighted by molar-refractivity contribution is 5.94. The molecule has 0 N–H and O–H groups in total. The fourth-order valence-corrected chi connectivity index (χ4v) is 2.42. The van der Waals surface area contributed by atoms with Crippen LogP contribution in [-0.4, -0.2) is 0 Å². The zero-order valence-corrected chi connectivity index (χ0v) is 10.5. The lowest BCUT2D eigenvalue weighted by atomic mass is 10.0. The molecular formula is C17H14O. The van der Waals surface area contributed by atoms with Gasteiger partial charge in [0.1, 0.15) is 0 Å². The van der Waals surface area contributed by atoms with E-state index in [9.17, 15) is 4.79 Å². The van der Waals surface area contributed by atoms with E-state index in [-0.39, 0.29) is 5.43 Å². The molecule has 18 heavy (non-hydrogen) atoms. The molecule has 0 atom stereocenters. The van der Waals surface area contributed by atoms with E-state index in [4.69, 9.17) is 0 Å². The molecule has 0 radical (unpaired) electrons. The third-order valence-corrected chi connectivity index (χ3v) is 3.67. The van der Waals surface area contributed by atoms with Crippen molar-refractivity contribution in [3.05, 3.63) is 69.9 Å². The Hall–Kier alpha value is -2.15. The molecule has 88 valence electrons. The number of aryl methyl sites for hydroxylation is 2. The summed E-state index contributed by atoms with van der Waals surface area (Å²) in [5.74, 6) is 0. The molecule has 0 aliphatic carbocycles. The van der Waals surface area contributed by atoms with Gasteiger partial charge in [0.2, 0.25) is 0 Å². The van der Waals surface area contributed by atoms with Crippen LogP contribution in [0.4, 0.5) is 0 Å². The molecule has 1 nitrogen and oxygen atoms in total. The second kappa shape index (κ2) is 3.95. The van der Waals surface area contributed by atoms with Crippen LogP contribution >= 0.6 is 0 Å². The maximum Gasteiger partial charge on any atom is 0.194 e. The fourth-order valence-electron chi connectivity index (χ4n) is 2.42. The molecule has 3 aromatic rings. The normalized spacial score (nSPS) is 11.0. The van der Waals surface area contributed by atoms with E-state index in [2.05, 4.69) is 19.9 Å². The first-order valence-electron chi connectivity index (χ1n) is 6.10. The van der Waals surface area contributed by atoms with Gasteiger partial charge in [-0.15, -0.1) is 0 Å². The molecule has 1 heteroatoms. The second-order valence-corrected chi connectivity index (χ2v) is 4.72. The van der Waals surface area contributed by atoms with E-state index in [1.165, 1.54) is 11.1 Å². The van der Waals surface area contributed by atoms with Gasteiger partial charge in [-0.05, 0) is 35.7 Å². The van der Waals surface area contributed by atoms with Crippen molar-refractivity contribution in [2.45, 2.75) is 13.8 Å². The van der Waals surface area contributed by atoms with Crippen molar-refractivity contribution >= 4 is 21.5 Å². The summed E-state index contributed by atoms with van der Waals surface area (Å²) in [6.07, 6.45) is 0. The SMILES string of the molecule is Cc1ccc2c(=O)c3ccccc3ccc2c1C. The van der Waals surface area contributed by atoms with Crippen LogP contribution in [0.2, 0.25) is 0 Å². The molecule has 0 aliphatic rings. The Labute approximate surface area is 106 Å². The summed E-state index contributed by atoms with van der Waals surface area (Å²) in [5, 5.41) is 3.64. The van der Waals surface area contributed by atoms with Crippen molar-refractivity contribution in [3.8, 4) is 0 Å². The lowest BCUT2D eigenvalue weighted by Crippen LogP contribution is -1.99. The Morgan fingerprint density at radius 2 is 1.44 bits per heavy atom. The van der Waals surface area contributed by atoms with Gasteiger partial charge < -0.3 is 0 Å². The van der Waals surface area contributed by atoms with Gasteiger partial charge in [0.15, 0.2) is 5.43 Å². The third kappa shape index (κ3) is 1.52. The molecule has 0 amide bonds. The van der Waals surface area contributed by atoms with Crippen LogP contribution in [0.25, 0.3) is 21.5 Å². The Morgan fingerprint density at radius 3 is 2.28 bits per heavy atom. The topological polar surface area (TPSA) is 17.1 Å². The van der Waals surface area contributed by atoms with Crippen LogP contribution in [0.3, 0.4) is 0 Å². The Morgan fingerprint density at radius 1 is 0.722 bits per heavy atom. The Bertz CT molecular complexity index is 816. The number of benzene rings is 2. The molecule has 0 heterocycles. The first kappa shape index (κ1) is 11.0. The summed E-state index contributed by atoms with van der Waals surface area (Å²) in [6, 6.07) is 15.8. The summed E-state index contributed by atoms with van der Waals surface area (Å²) in [5.41, 5.74) is 2.52. The predicted molar refractivity (Wildman–Crippen MR) is 77.2 cm³/mol. The van der Waals surface area contributed by atoms with Crippen LogP contribution in [0, 0.1) is 13.8 Å². The number of hydrogen-bond donors (Lipinski definition) is 0. The molecule has 0 bridgehead atoms. The first-order chi connectivity index (χ1) is 8.68. The van der Waals surface area contributed by atoms with Gasteiger partial charge in [0.05, 0.1) is 0 Å². The number of hydrogen-bond acceptors (Lipinski definition) is 1. The van der Waals surface area contributed by atoms with Gasteiger partial charge in [-0.2, -0.15) is 0 Å². The molecule has 0 aromatic heterocycles. The highest BCUT2D eigenvalue weighted by atomic mass is 16.1. The van der Waals surface area contributed by atoms with Crippen molar-refractivity contribution < 1.29 is 0 Å². The molecule has 0 fully saturated rings. The minimum atomic E-state index is 0.119. The van der Waals surface area contributed by atoms with Crippen molar-refractivity contribution in [3.63, 3.8) is 0 Å². The molecule has 0 aliphatic heterocycles.